The van der Waals surface area contributed by atoms with Crippen LogP contribution in [0.15, 0.2) is 29.2 Å². The molecule has 2 aromatic heterocycles. The van der Waals surface area contributed by atoms with Crippen molar-refractivity contribution in [2.45, 2.75) is 0 Å². The van der Waals surface area contributed by atoms with E-state index in [4.69, 9.17) is 32.7 Å². The number of halogens is 2. The van der Waals surface area contributed by atoms with E-state index >= 15 is 0 Å². The largest absolute Gasteiger partial charge is 0.494 e. The van der Waals surface area contributed by atoms with Crippen LogP contribution >= 0.6 is 23.2 Å². The second-order valence-corrected chi connectivity index (χ2v) is 6.66. The predicted molar refractivity (Wildman–Crippen MR) is 111 cm³/mol. The molecule has 3 rings (SSSR count). The highest BCUT2D eigenvalue weighted by Crippen LogP contribution is 2.33. The summed E-state index contributed by atoms with van der Waals surface area (Å²) in [5.41, 5.74) is 0.745. The predicted octanol–water partition coefficient (Wildman–Crippen LogP) is 2.51. The van der Waals surface area contributed by atoms with Gasteiger partial charge in [0, 0.05) is 31.2 Å². The number of amides is 1. The van der Waals surface area contributed by atoms with Crippen LogP contribution in [0.25, 0.3) is 10.9 Å². The van der Waals surface area contributed by atoms with Crippen LogP contribution in [0.2, 0.25) is 10.3 Å². The Morgan fingerprint density at radius 3 is 2.69 bits per heavy atom. The van der Waals surface area contributed by atoms with Gasteiger partial charge in [0.05, 0.1) is 18.8 Å². The van der Waals surface area contributed by atoms with Gasteiger partial charge in [-0.1, -0.05) is 11.6 Å². The maximum absolute atomic E-state index is 12.6. The normalized spacial score (nSPS) is 10.7. The third-order valence-electron chi connectivity index (χ3n) is 4.08. The van der Waals surface area contributed by atoms with Gasteiger partial charge in [-0.05, 0) is 23.7 Å². The molecular weight excluding hydrogens is 421 g/mol. The van der Waals surface area contributed by atoms with Crippen LogP contribution < -0.4 is 25.7 Å². The third-order valence-corrected chi connectivity index (χ3v) is 4.54. The minimum absolute atomic E-state index is 0.0333. The number of carbonyl (C=O) groups is 1. The quantitative estimate of drug-likeness (QED) is 0.570. The molecule has 0 fully saturated rings. The Labute approximate surface area is 175 Å². The number of anilines is 2. The van der Waals surface area contributed by atoms with Crippen molar-refractivity contribution < 1.29 is 14.3 Å². The van der Waals surface area contributed by atoms with E-state index in [1.165, 1.54) is 24.9 Å². The van der Waals surface area contributed by atoms with Crippen LogP contribution in [0.3, 0.4) is 0 Å². The van der Waals surface area contributed by atoms with E-state index in [-0.39, 0.29) is 28.6 Å². The number of hydrogen-bond acceptors (Lipinski definition) is 7. The van der Waals surface area contributed by atoms with Crippen LogP contribution in [0.5, 0.6) is 11.5 Å². The highest BCUT2D eigenvalue weighted by molar-refractivity contribution is 6.33. The number of benzene rings is 1. The molecule has 9 nitrogen and oxygen atoms in total. The molecule has 0 aliphatic carbocycles. The van der Waals surface area contributed by atoms with E-state index in [1.807, 2.05) is 0 Å². The van der Waals surface area contributed by atoms with Gasteiger partial charge in [-0.25, -0.2) is 4.98 Å². The molecule has 2 heterocycles. The number of nitrogens with zero attached hydrogens (tertiary/aromatic N) is 3. The SMILES string of the molecule is CNC(=O)COc1cc2cc(Nc3nc(Cl)ncc3Cl)cc(OC)c2n(C)c1=O. The molecular formula is C18H17Cl2N5O4. The van der Waals surface area contributed by atoms with Gasteiger partial charge in [0.15, 0.2) is 18.2 Å². The van der Waals surface area contributed by atoms with Crippen molar-refractivity contribution in [3.8, 4) is 11.5 Å². The topological polar surface area (TPSA) is 107 Å². The molecule has 0 spiro atoms. The van der Waals surface area contributed by atoms with Crippen LogP contribution in [0, 0.1) is 0 Å². The summed E-state index contributed by atoms with van der Waals surface area (Å²) >= 11 is 11.9. The summed E-state index contributed by atoms with van der Waals surface area (Å²) in [7, 11) is 4.57. The lowest BCUT2D eigenvalue weighted by atomic mass is 10.1. The molecule has 1 amide bonds. The van der Waals surface area contributed by atoms with E-state index in [0.717, 1.165) is 0 Å². The number of fused-ring (bicyclic) bond motifs is 1. The maximum atomic E-state index is 12.6. The fourth-order valence-corrected chi connectivity index (χ4v) is 2.96. The number of nitrogens with one attached hydrogen (secondary N) is 2. The Hall–Kier alpha value is -3.04. The molecule has 3 aromatic rings. The molecule has 0 aliphatic rings. The average Bonchev–Trinajstić information content (AvgIpc) is 2.71. The number of pyridine rings is 1. The van der Waals surface area contributed by atoms with Gasteiger partial charge < -0.3 is 24.7 Å². The molecule has 152 valence electrons. The highest BCUT2D eigenvalue weighted by atomic mass is 35.5. The molecule has 0 aliphatic heterocycles. The fraction of sp³-hybridized carbons (Fsp3) is 0.222. The van der Waals surface area contributed by atoms with Crippen molar-refractivity contribution in [1.82, 2.24) is 19.9 Å². The number of aromatic nitrogens is 3. The van der Waals surface area contributed by atoms with Gasteiger partial charge in [0.1, 0.15) is 10.8 Å². The van der Waals surface area contributed by atoms with Gasteiger partial charge >= 0.3 is 0 Å². The van der Waals surface area contributed by atoms with Gasteiger partial charge in [-0.2, -0.15) is 4.98 Å². The first-order valence-electron chi connectivity index (χ1n) is 8.34. The molecule has 0 saturated heterocycles. The minimum atomic E-state index is -0.397. The van der Waals surface area contributed by atoms with Crippen molar-refractivity contribution in [3.63, 3.8) is 0 Å². The molecule has 0 atom stereocenters. The number of methoxy groups -OCH3 is 1. The molecule has 0 bridgehead atoms. The third kappa shape index (κ3) is 4.36. The first-order valence-corrected chi connectivity index (χ1v) is 9.10. The molecule has 11 heteroatoms. The van der Waals surface area contributed by atoms with E-state index in [1.54, 1.807) is 25.2 Å². The number of hydrogen-bond donors (Lipinski definition) is 2. The second-order valence-electron chi connectivity index (χ2n) is 5.91. The van der Waals surface area contributed by atoms with Crippen LogP contribution in [0.4, 0.5) is 11.5 Å². The molecule has 0 unspecified atom stereocenters. The zero-order valence-electron chi connectivity index (χ0n) is 15.7. The first-order chi connectivity index (χ1) is 13.8. The van der Waals surface area contributed by atoms with Gasteiger partial charge in [-0.3, -0.25) is 9.59 Å². The summed E-state index contributed by atoms with van der Waals surface area (Å²) in [4.78, 5) is 31.9. The van der Waals surface area contributed by atoms with Gasteiger partial charge in [0.2, 0.25) is 5.28 Å². The molecule has 29 heavy (non-hydrogen) atoms. The summed E-state index contributed by atoms with van der Waals surface area (Å²) in [6, 6.07) is 5.00. The lowest BCUT2D eigenvalue weighted by Crippen LogP contribution is -2.27. The van der Waals surface area contributed by atoms with E-state index in [2.05, 4.69) is 20.6 Å². The number of ether oxygens (including phenoxy) is 2. The fourth-order valence-electron chi connectivity index (χ4n) is 2.68. The van der Waals surface area contributed by atoms with Crippen molar-refractivity contribution in [2.24, 2.45) is 7.05 Å². The number of carbonyl (C=O) groups excluding carboxylic acids is 1. The standard InChI is InChI=1S/C18H17Cl2N5O4/c1-21-14(26)8-29-13-5-9-4-10(23-16-11(19)7-22-18(20)24-16)6-12(28-3)15(9)25(2)17(13)27/h4-7H,8H2,1-3H3,(H,21,26)(H,22,23,24). The van der Waals surface area contributed by atoms with Gasteiger partial charge in [-0.15, -0.1) is 0 Å². The Bertz CT molecular complexity index is 1150. The maximum Gasteiger partial charge on any atom is 0.293 e. The second kappa shape index (κ2) is 8.54. The van der Waals surface area contributed by atoms with Crippen LogP contribution in [0.1, 0.15) is 0 Å². The zero-order chi connectivity index (χ0) is 21.1. The molecule has 1 aromatic carbocycles. The zero-order valence-corrected chi connectivity index (χ0v) is 17.3. The molecule has 0 radical (unpaired) electrons. The molecule has 0 saturated carbocycles. The van der Waals surface area contributed by atoms with E-state index in [0.29, 0.717) is 28.2 Å². The summed E-state index contributed by atoms with van der Waals surface area (Å²) in [6.07, 6.45) is 1.38. The number of likely N-dealkylation sites (N-methyl/N-ethyl adjacent to an activating group) is 1. The Morgan fingerprint density at radius 1 is 1.24 bits per heavy atom. The van der Waals surface area contributed by atoms with Crippen molar-refractivity contribution in [2.75, 3.05) is 26.1 Å². The lowest BCUT2D eigenvalue weighted by molar-refractivity contribution is -0.122. The van der Waals surface area contributed by atoms with E-state index in [9.17, 15) is 9.59 Å². The van der Waals surface area contributed by atoms with Crippen LogP contribution in [-0.2, 0) is 11.8 Å². The Kier molecular flexibility index (Phi) is 6.09. The Balaban J connectivity index is 2.09. The van der Waals surface area contributed by atoms with Crippen molar-refractivity contribution >= 4 is 51.5 Å². The Morgan fingerprint density at radius 2 is 2.00 bits per heavy atom. The summed E-state index contributed by atoms with van der Waals surface area (Å²) in [6.45, 7) is -0.276. The first kappa shape index (κ1) is 20.7. The van der Waals surface area contributed by atoms with Crippen molar-refractivity contribution in [3.05, 3.63) is 45.1 Å². The highest BCUT2D eigenvalue weighted by Gasteiger charge is 2.15. The van der Waals surface area contributed by atoms with E-state index < -0.39 is 5.56 Å². The van der Waals surface area contributed by atoms with Gasteiger partial charge in [0.25, 0.3) is 11.5 Å². The molecule has 2 N–H and O–H groups in total. The summed E-state index contributed by atoms with van der Waals surface area (Å²) in [5, 5.41) is 6.44. The lowest BCUT2D eigenvalue weighted by Gasteiger charge is -2.15. The van der Waals surface area contributed by atoms with Crippen molar-refractivity contribution in [1.29, 1.82) is 0 Å². The van der Waals surface area contributed by atoms with Crippen LogP contribution in [-0.4, -0.2) is 41.2 Å². The average molecular weight is 438 g/mol. The summed E-state index contributed by atoms with van der Waals surface area (Å²) in [5.74, 6) is 0.439. The smallest absolute Gasteiger partial charge is 0.293 e. The number of aryl methyl sites for hydroxylation is 1. The monoisotopic (exact) mass is 437 g/mol. The summed E-state index contributed by atoms with van der Waals surface area (Å²) < 4.78 is 12.2. The number of rotatable bonds is 6. The minimum Gasteiger partial charge on any atom is -0.494 e.